The number of rotatable bonds is 2. The van der Waals surface area contributed by atoms with Crippen molar-refractivity contribution in [3.05, 3.63) is 78.0 Å². The van der Waals surface area contributed by atoms with Crippen LogP contribution in [0.3, 0.4) is 0 Å². The lowest BCUT2D eigenvalue weighted by Gasteiger charge is -2.13. The van der Waals surface area contributed by atoms with Crippen molar-refractivity contribution in [1.82, 2.24) is 14.8 Å². The summed E-state index contributed by atoms with van der Waals surface area (Å²) >= 11 is 0. The van der Waals surface area contributed by atoms with Gasteiger partial charge < -0.3 is 0 Å². The van der Waals surface area contributed by atoms with E-state index in [4.69, 9.17) is 0 Å². The minimum Gasteiger partial charge on any atom is -0.223 e. The monoisotopic (exact) mass is 407 g/mol. The number of halogens is 6. The fourth-order valence-corrected chi connectivity index (χ4v) is 3.03. The minimum absolute atomic E-state index is 0.0335. The lowest BCUT2D eigenvalue weighted by atomic mass is 10.0. The summed E-state index contributed by atoms with van der Waals surface area (Å²) in [7, 11) is 0. The Morgan fingerprint density at radius 3 is 1.86 bits per heavy atom. The molecule has 0 saturated carbocycles. The van der Waals surface area contributed by atoms with Crippen LogP contribution >= 0.6 is 0 Å². The van der Waals surface area contributed by atoms with Crippen molar-refractivity contribution in [1.29, 1.82) is 0 Å². The van der Waals surface area contributed by atoms with Gasteiger partial charge in [-0.25, -0.2) is 9.67 Å². The summed E-state index contributed by atoms with van der Waals surface area (Å²) in [4.78, 5) is 3.52. The summed E-state index contributed by atoms with van der Waals surface area (Å²) in [5.74, 6) is 0. The molecule has 0 aliphatic heterocycles. The molecule has 4 rings (SSSR count). The second-order valence-electron chi connectivity index (χ2n) is 6.21. The molecule has 0 aliphatic rings. The Morgan fingerprint density at radius 2 is 1.31 bits per heavy atom. The molecule has 0 atom stereocenters. The molecule has 4 aromatic rings. The summed E-state index contributed by atoms with van der Waals surface area (Å²) in [6, 6.07) is 15.9. The first-order valence-electron chi connectivity index (χ1n) is 8.35. The molecule has 148 valence electrons. The molecule has 0 amide bonds. The van der Waals surface area contributed by atoms with Crippen molar-refractivity contribution in [2.45, 2.75) is 12.4 Å². The van der Waals surface area contributed by atoms with Crippen molar-refractivity contribution in [2.24, 2.45) is 0 Å². The zero-order valence-corrected chi connectivity index (χ0v) is 14.5. The number of benzene rings is 2. The highest BCUT2D eigenvalue weighted by molar-refractivity contribution is 5.95. The molecule has 0 radical (unpaired) electrons. The van der Waals surface area contributed by atoms with Crippen molar-refractivity contribution in [3.63, 3.8) is 0 Å². The predicted octanol–water partition coefficient (Wildman–Crippen LogP) is 6.13. The van der Waals surface area contributed by atoms with Crippen LogP contribution in [0.1, 0.15) is 11.3 Å². The third-order valence-corrected chi connectivity index (χ3v) is 4.28. The topological polar surface area (TPSA) is 30.7 Å². The third kappa shape index (κ3) is 3.43. The molecule has 0 fully saturated rings. The van der Waals surface area contributed by atoms with E-state index in [-0.39, 0.29) is 11.8 Å². The molecule has 9 heteroatoms. The highest BCUT2D eigenvalue weighted by Gasteiger charge is 2.41. The van der Waals surface area contributed by atoms with E-state index in [0.717, 1.165) is 4.68 Å². The van der Waals surface area contributed by atoms with Crippen molar-refractivity contribution >= 4 is 11.0 Å². The summed E-state index contributed by atoms with van der Waals surface area (Å²) in [6.45, 7) is 0. The second-order valence-corrected chi connectivity index (χ2v) is 6.21. The van der Waals surface area contributed by atoms with Crippen LogP contribution in [0.4, 0.5) is 26.3 Å². The fourth-order valence-electron chi connectivity index (χ4n) is 3.03. The number of hydrogen-bond acceptors (Lipinski definition) is 2. The van der Waals surface area contributed by atoms with E-state index in [1.807, 2.05) is 0 Å². The zero-order chi connectivity index (χ0) is 20.8. The minimum atomic E-state index is -5.05. The van der Waals surface area contributed by atoms with Crippen molar-refractivity contribution in [2.75, 3.05) is 0 Å². The molecule has 0 bridgehead atoms. The van der Waals surface area contributed by atoms with E-state index in [9.17, 15) is 26.3 Å². The van der Waals surface area contributed by atoms with Gasteiger partial charge in [0.1, 0.15) is 11.4 Å². The Kier molecular flexibility index (Phi) is 4.33. The molecule has 0 saturated heterocycles. The molecule has 0 spiro atoms. The van der Waals surface area contributed by atoms with E-state index < -0.39 is 34.6 Å². The second kappa shape index (κ2) is 6.61. The van der Waals surface area contributed by atoms with Gasteiger partial charge in [0.25, 0.3) is 0 Å². The van der Waals surface area contributed by atoms with Gasteiger partial charge in [0.05, 0.1) is 16.6 Å². The molecule has 2 heterocycles. The molecule has 0 N–H and O–H groups in total. The summed E-state index contributed by atoms with van der Waals surface area (Å²) in [5, 5.41) is 3.73. The number of para-hydroxylation sites is 1. The van der Waals surface area contributed by atoms with Gasteiger partial charge in [0, 0.05) is 5.56 Å². The zero-order valence-electron chi connectivity index (χ0n) is 14.5. The molecule has 0 unspecified atom stereocenters. The van der Waals surface area contributed by atoms with Gasteiger partial charge in [-0.15, -0.1) is 0 Å². The summed E-state index contributed by atoms with van der Waals surface area (Å²) < 4.78 is 82.2. The first-order chi connectivity index (χ1) is 13.7. The van der Waals surface area contributed by atoms with Crippen LogP contribution in [0.25, 0.3) is 28.0 Å². The maximum absolute atomic E-state index is 13.8. The summed E-state index contributed by atoms with van der Waals surface area (Å²) in [6.07, 6.45) is -10.1. The third-order valence-electron chi connectivity index (χ3n) is 4.28. The highest BCUT2D eigenvalue weighted by atomic mass is 19.4. The average molecular weight is 407 g/mol. The van der Waals surface area contributed by atoms with Crippen LogP contribution in [0.5, 0.6) is 0 Å². The molecule has 2 aromatic heterocycles. The Labute approximate surface area is 160 Å². The van der Waals surface area contributed by atoms with Gasteiger partial charge in [0.15, 0.2) is 5.65 Å². The van der Waals surface area contributed by atoms with E-state index >= 15 is 0 Å². The van der Waals surface area contributed by atoms with Crippen LogP contribution in [-0.2, 0) is 12.4 Å². The predicted molar refractivity (Wildman–Crippen MR) is 94.3 cm³/mol. The lowest BCUT2D eigenvalue weighted by Crippen LogP contribution is -2.14. The van der Waals surface area contributed by atoms with Crippen LogP contribution < -0.4 is 0 Å². The van der Waals surface area contributed by atoms with Crippen LogP contribution in [0.15, 0.2) is 66.7 Å². The van der Waals surface area contributed by atoms with Crippen molar-refractivity contribution in [3.8, 4) is 16.9 Å². The van der Waals surface area contributed by atoms with Crippen LogP contribution in [-0.4, -0.2) is 14.8 Å². The normalized spacial score (nSPS) is 12.5. The van der Waals surface area contributed by atoms with E-state index in [1.54, 1.807) is 36.4 Å². The van der Waals surface area contributed by atoms with E-state index in [1.165, 1.54) is 24.3 Å². The van der Waals surface area contributed by atoms with E-state index in [0.29, 0.717) is 11.3 Å². The lowest BCUT2D eigenvalue weighted by molar-refractivity contribution is -0.144. The van der Waals surface area contributed by atoms with Crippen molar-refractivity contribution < 1.29 is 26.3 Å². The molecule has 0 aliphatic carbocycles. The molecule has 29 heavy (non-hydrogen) atoms. The Morgan fingerprint density at radius 1 is 0.724 bits per heavy atom. The quantitative estimate of drug-likeness (QED) is 0.375. The van der Waals surface area contributed by atoms with Gasteiger partial charge in [0.2, 0.25) is 0 Å². The first-order valence-corrected chi connectivity index (χ1v) is 8.35. The smallest absolute Gasteiger partial charge is 0.223 e. The number of nitrogens with zero attached hydrogens (tertiary/aromatic N) is 3. The number of fused-ring (bicyclic) bond motifs is 1. The SMILES string of the molecule is FC(F)(F)c1cc(C(F)(F)F)c2c(-c3ccccc3)nn(-c3ccccc3)c2n1. The Bertz CT molecular complexity index is 1160. The standard InChI is InChI=1S/C20H11F6N3/c21-19(22,23)14-11-15(20(24,25)26)27-18-16(14)17(12-7-3-1-4-8-12)28-29(18)13-9-5-2-6-10-13/h1-11H. The largest absolute Gasteiger partial charge is 0.433 e. The molecular formula is C20H11F6N3. The van der Waals surface area contributed by atoms with Gasteiger partial charge in [-0.3, -0.25) is 0 Å². The number of hydrogen-bond donors (Lipinski definition) is 0. The first kappa shape index (κ1) is 19.0. The van der Waals surface area contributed by atoms with Gasteiger partial charge >= 0.3 is 12.4 Å². The van der Waals surface area contributed by atoms with Gasteiger partial charge in [-0.05, 0) is 18.2 Å². The van der Waals surface area contributed by atoms with Crippen LogP contribution in [0, 0.1) is 0 Å². The van der Waals surface area contributed by atoms with Crippen LogP contribution in [0.2, 0.25) is 0 Å². The van der Waals surface area contributed by atoms with Gasteiger partial charge in [-0.2, -0.15) is 31.4 Å². The average Bonchev–Trinajstić information content (AvgIpc) is 3.07. The maximum Gasteiger partial charge on any atom is 0.433 e. The Hall–Kier alpha value is -3.36. The molecule has 3 nitrogen and oxygen atoms in total. The van der Waals surface area contributed by atoms with Gasteiger partial charge in [-0.1, -0.05) is 48.5 Å². The summed E-state index contributed by atoms with van der Waals surface area (Å²) in [5.41, 5.74) is -3.06. The maximum atomic E-state index is 13.8. The van der Waals surface area contributed by atoms with E-state index in [2.05, 4.69) is 10.1 Å². The fraction of sp³-hybridized carbons (Fsp3) is 0.100. The number of pyridine rings is 1. The highest BCUT2D eigenvalue weighted by Crippen LogP contribution is 2.42. The Balaban J connectivity index is 2.17. The number of alkyl halides is 6. The number of aromatic nitrogens is 3. The molecular weight excluding hydrogens is 396 g/mol. The molecule has 2 aromatic carbocycles.